The van der Waals surface area contributed by atoms with Gasteiger partial charge < -0.3 is 5.73 Å². The molecule has 3 rings (SSSR count). The maximum absolute atomic E-state index is 5.78. The lowest BCUT2D eigenvalue weighted by molar-refractivity contribution is 0.470. The van der Waals surface area contributed by atoms with Crippen LogP contribution in [0.1, 0.15) is 24.4 Å². The second-order valence-corrected chi connectivity index (χ2v) is 5.69. The van der Waals surface area contributed by atoms with Crippen LogP contribution in [0.5, 0.6) is 0 Å². The van der Waals surface area contributed by atoms with E-state index in [1.165, 1.54) is 23.3 Å². The maximum atomic E-state index is 5.78. The minimum atomic E-state index is 0.342. The first-order valence-corrected chi connectivity index (χ1v) is 7.44. The van der Waals surface area contributed by atoms with Gasteiger partial charge in [-0.3, -0.25) is 4.68 Å². The topological polar surface area (TPSA) is 43.8 Å². The molecule has 2 aromatic rings. The monoisotopic (exact) mass is 259 g/mol. The van der Waals surface area contributed by atoms with E-state index in [2.05, 4.69) is 35.6 Å². The zero-order valence-electron chi connectivity index (χ0n) is 10.4. The van der Waals surface area contributed by atoms with Gasteiger partial charge in [0, 0.05) is 11.1 Å². The van der Waals surface area contributed by atoms with Gasteiger partial charge in [0.2, 0.25) is 0 Å². The highest BCUT2D eigenvalue weighted by Gasteiger charge is 2.34. The molecule has 2 N–H and O–H groups in total. The Balaban J connectivity index is 1.98. The summed E-state index contributed by atoms with van der Waals surface area (Å²) in [6, 6.07) is 9.08. The molecule has 3 nitrogen and oxygen atoms in total. The Morgan fingerprint density at radius 3 is 2.89 bits per heavy atom. The fourth-order valence-corrected chi connectivity index (χ4v) is 2.85. The van der Waals surface area contributed by atoms with E-state index < -0.39 is 0 Å². The van der Waals surface area contributed by atoms with Crippen molar-refractivity contribution in [3.8, 4) is 0 Å². The summed E-state index contributed by atoms with van der Waals surface area (Å²) in [5.41, 5.74) is 7.86. The highest BCUT2D eigenvalue weighted by molar-refractivity contribution is 7.98. The maximum Gasteiger partial charge on any atom is 0.0797 e. The minimum absolute atomic E-state index is 0.342. The smallest absolute Gasteiger partial charge is 0.0797 e. The summed E-state index contributed by atoms with van der Waals surface area (Å²) >= 11 is 1.78. The van der Waals surface area contributed by atoms with Crippen molar-refractivity contribution in [1.29, 1.82) is 0 Å². The molecule has 0 amide bonds. The van der Waals surface area contributed by atoms with Crippen LogP contribution in [-0.2, 0) is 0 Å². The summed E-state index contributed by atoms with van der Waals surface area (Å²) in [6.45, 7) is 0. The lowest BCUT2D eigenvalue weighted by Crippen LogP contribution is -2.13. The van der Waals surface area contributed by atoms with Crippen LogP contribution in [0.4, 0.5) is 5.69 Å². The van der Waals surface area contributed by atoms with Crippen molar-refractivity contribution in [3.63, 3.8) is 0 Å². The van der Waals surface area contributed by atoms with Crippen molar-refractivity contribution in [2.24, 2.45) is 5.92 Å². The molecule has 1 aromatic carbocycles. The molecule has 0 aliphatic heterocycles. The lowest BCUT2D eigenvalue weighted by Gasteiger charge is -2.18. The number of nitrogens with two attached hydrogens (primary N) is 1. The molecule has 0 spiro atoms. The van der Waals surface area contributed by atoms with Crippen molar-refractivity contribution in [2.75, 3.05) is 12.0 Å². The molecule has 0 bridgehead atoms. The Hall–Kier alpha value is -1.42. The van der Waals surface area contributed by atoms with Crippen LogP contribution in [-0.4, -0.2) is 16.0 Å². The van der Waals surface area contributed by atoms with Crippen molar-refractivity contribution in [1.82, 2.24) is 9.78 Å². The predicted octanol–water partition coefficient (Wildman–Crippen LogP) is 3.19. The fraction of sp³-hybridized carbons (Fsp3) is 0.357. The van der Waals surface area contributed by atoms with E-state index in [4.69, 9.17) is 5.73 Å². The van der Waals surface area contributed by atoms with Crippen LogP contribution in [0.15, 0.2) is 41.6 Å². The summed E-state index contributed by atoms with van der Waals surface area (Å²) in [5, 5.41) is 4.39. The molecule has 1 atom stereocenters. The van der Waals surface area contributed by atoms with Gasteiger partial charge in [-0.05, 0) is 42.7 Å². The van der Waals surface area contributed by atoms with Crippen LogP contribution in [0.3, 0.4) is 0 Å². The minimum Gasteiger partial charge on any atom is -0.396 e. The summed E-state index contributed by atoms with van der Waals surface area (Å²) in [6.07, 6.45) is 8.35. The van der Waals surface area contributed by atoms with Crippen LogP contribution in [0, 0.1) is 5.92 Å². The molecule has 1 aliphatic rings. The molecule has 1 aromatic heterocycles. The molecule has 0 saturated heterocycles. The molecular formula is C14H17N3S. The molecule has 4 heteroatoms. The number of hydrogen-bond acceptors (Lipinski definition) is 3. The third kappa shape index (κ3) is 2.25. The van der Waals surface area contributed by atoms with E-state index >= 15 is 0 Å². The van der Waals surface area contributed by atoms with Crippen molar-refractivity contribution in [2.45, 2.75) is 23.8 Å². The van der Waals surface area contributed by atoms with E-state index in [1.807, 2.05) is 10.9 Å². The van der Waals surface area contributed by atoms with Crippen LogP contribution in [0.2, 0.25) is 0 Å². The van der Waals surface area contributed by atoms with Gasteiger partial charge in [-0.2, -0.15) is 5.10 Å². The second kappa shape index (κ2) is 4.69. The Morgan fingerprint density at radius 1 is 1.44 bits per heavy atom. The van der Waals surface area contributed by atoms with E-state index in [0.717, 1.165) is 5.69 Å². The van der Waals surface area contributed by atoms with Gasteiger partial charge in [0.25, 0.3) is 0 Å². The number of hydrogen-bond donors (Lipinski definition) is 1. The molecule has 1 saturated carbocycles. The average Bonchev–Trinajstić information content (AvgIpc) is 3.13. The summed E-state index contributed by atoms with van der Waals surface area (Å²) in [4.78, 5) is 1.30. The van der Waals surface area contributed by atoms with Crippen molar-refractivity contribution in [3.05, 3.63) is 42.2 Å². The SMILES string of the molecule is CSc1cccc(C(C2CC2)n2cc(N)cn2)c1. The fourth-order valence-electron chi connectivity index (χ4n) is 2.38. The quantitative estimate of drug-likeness (QED) is 0.858. The van der Waals surface area contributed by atoms with E-state index in [9.17, 15) is 0 Å². The number of aromatic nitrogens is 2. The molecule has 1 unspecified atom stereocenters. The predicted molar refractivity (Wildman–Crippen MR) is 75.7 cm³/mol. The number of nitrogen functional groups attached to an aromatic ring is 1. The van der Waals surface area contributed by atoms with E-state index in [1.54, 1.807) is 18.0 Å². The largest absolute Gasteiger partial charge is 0.396 e. The first kappa shape index (κ1) is 11.7. The van der Waals surface area contributed by atoms with Gasteiger partial charge in [0.05, 0.1) is 17.9 Å². The number of rotatable bonds is 4. The standard InChI is InChI=1S/C14H17N3S/c1-18-13-4-2-3-11(7-13)14(10-5-6-10)17-9-12(15)8-16-17/h2-4,7-10,14H,5-6,15H2,1H3. The number of thioether (sulfide) groups is 1. The Bertz CT molecular complexity index is 545. The molecule has 1 fully saturated rings. The highest BCUT2D eigenvalue weighted by Crippen LogP contribution is 2.43. The third-order valence-corrected chi connectivity index (χ3v) is 4.14. The van der Waals surface area contributed by atoms with Gasteiger partial charge in [-0.25, -0.2) is 0 Å². The highest BCUT2D eigenvalue weighted by atomic mass is 32.2. The molecule has 1 heterocycles. The van der Waals surface area contributed by atoms with E-state index in [-0.39, 0.29) is 0 Å². The number of nitrogens with zero attached hydrogens (tertiary/aromatic N) is 2. The Morgan fingerprint density at radius 2 is 2.28 bits per heavy atom. The van der Waals surface area contributed by atoms with Gasteiger partial charge >= 0.3 is 0 Å². The lowest BCUT2D eigenvalue weighted by atomic mass is 10.0. The van der Waals surface area contributed by atoms with Crippen LogP contribution >= 0.6 is 11.8 Å². The van der Waals surface area contributed by atoms with Crippen LogP contribution < -0.4 is 5.73 Å². The van der Waals surface area contributed by atoms with E-state index in [0.29, 0.717) is 12.0 Å². The van der Waals surface area contributed by atoms with Gasteiger partial charge in [0.15, 0.2) is 0 Å². The summed E-state index contributed by atoms with van der Waals surface area (Å²) < 4.78 is 2.02. The summed E-state index contributed by atoms with van der Waals surface area (Å²) in [7, 11) is 0. The first-order chi connectivity index (χ1) is 8.78. The first-order valence-electron chi connectivity index (χ1n) is 6.21. The van der Waals surface area contributed by atoms with Gasteiger partial charge in [0.1, 0.15) is 0 Å². The number of benzene rings is 1. The average molecular weight is 259 g/mol. The molecule has 0 radical (unpaired) electrons. The molecule has 1 aliphatic carbocycles. The second-order valence-electron chi connectivity index (χ2n) is 4.81. The third-order valence-electron chi connectivity index (χ3n) is 3.41. The number of anilines is 1. The van der Waals surface area contributed by atoms with Gasteiger partial charge in [-0.1, -0.05) is 12.1 Å². The van der Waals surface area contributed by atoms with Crippen LogP contribution in [0.25, 0.3) is 0 Å². The normalized spacial score (nSPS) is 16.7. The Labute approximate surface area is 111 Å². The van der Waals surface area contributed by atoms with Crippen molar-refractivity contribution < 1.29 is 0 Å². The Kier molecular flexibility index (Phi) is 3.04. The molecule has 94 valence electrons. The molecule has 18 heavy (non-hydrogen) atoms. The summed E-state index contributed by atoms with van der Waals surface area (Å²) in [5.74, 6) is 0.710. The molecular weight excluding hydrogens is 242 g/mol. The van der Waals surface area contributed by atoms with Gasteiger partial charge in [-0.15, -0.1) is 11.8 Å². The zero-order chi connectivity index (χ0) is 12.5. The van der Waals surface area contributed by atoms with Crippen molar-refractivity contribution >= 4 is 17.4 Å². The zero-order valence-corrected chi connectivity index (χ0v) is 11.2.